The van der Waals surface area contributed by atoms with Gasteiger partial charge in [0.1, 0.15) is 5.75 Å². The largest absolute Gasteiger partial charge is 0.496 e. The van der Waals surface area contributed by atoms with Crippen LogP contribution >= 0.6 is 15.9 Å². The lowest BCUT2D eigenvalue weighted by Gasteiger charge is -2.18. The number of nitrogens with zero attached hydrogens (tertiary/aromatic N) is 1. The highest BCUT2D eigenvalue weighted by atomic mass is 79.9. The van der Waals surface area contributed by atoms with Gasteiger partial charge in [0.05, 0.1) is 13.2 Å². The maximum atomic E-state index is 12.3. The number of aryl methyl sites for hydroxylation is 1. The topological polar surface area (TPSA) is 50.8 Å². The predicted molar refractivity (Wildman–Crippen MR) is 112 cm³/mol. The van der Waals surface area contributed by atoms with E-state index in [0.717, 1.165) is 46.7 Å². The van der Waals surface area contributed by atoms with E-state index in [2.05, 4.69) is 26.1 Å². The van der Waals surface area contributed by atoms with Crippen molar-refractivity contribution in [3.05, 3.63) is 52.5 Å². The third-order valence-electron chi connectivity index (χ3n) is 4.86. The molecule has 144 valence electrons. The Morgan fingerprint density at radius 1 is 1.22 bits per heavy atom. The molecule has 1 N–H and O–H groups in total. The van der Waals surface area contributed by atoms with Crippen molar-refractivity contribution in [2.45, 2.75) is 25.4 Å². The first-order valence-corrected chi connectivity index (χ1v) is 9.88. The third-order valence-corrected chi connectivity index (χ3v) is 5.35. The summed E-state index contributed by atoms with van der Waals surface area (Å²) in [4.78, 5) is 14.6. The number of carbonyl (C=O) groups excluding carboxylic acids is 1. The highest BCUT2D eigenvalue weighted by molar-refractivity contribution is 9.10. The molecule has 0 radical (unpaired) electrons. The Balaban J connectivity index is 1.53. The highest BCUT2D eigenvalue weighted by Gasteiger charge is 2.22. The molecule has 6 heteroatoms. The number of halogens is 1. The van der Waals surface area contributed by atoms with Gasteiger partial charge in [-0.05, 0) is 60.9 Å². The van der Waals surface area contributed by atoms with Gasteiger partial charge in [0.15, 0.2) is 0 Å². The van der Waals surface area contributed by atoms with Crippen molar-refractivity contribution in [3.8, 4) is 5.75 Å². The minimum absolute atomic E-state index is 0.00889. The number of hydrogen-bond donors (Lipinski definition) is 1. The van der Waals surface area contributed by atoms with Crippen LogP contribution < -0.4 is 15.0 Å². The summed E-state index contributed by atoms with van der Waals surface area (Å²) in [5.41, 5.74) is 2.98. The SMILES string of the molecule is COc1ccc(Br)cc1CCC(=O)Nc1ccc(N2CCC(OC)C2)cc1. The van der Waals surface area contributed by atoms with E-state index in [4.69, 9.17) is 9.47 Å². The Labute approximate surface area is 168 Å². The van der Waals surface area contributed by atoms with E-state index in [9.17, 15) is 4.79 Å². The quantitative estimate of drug-likeness (QED) is 0.709. The number of rotatable bonds is 7. The van der Waals surface area contributed by atoms with Gasteiger partial charge in [-0.2, -0.15) is 0 Å². The average molecular weight is 433 g/mol. The van der Waals surface area contributed by atoms with Crippen LogP contribution in [0.4, 0.5) is 11.4 Å². The number of nitrogens with one attached hydrogen (secondary N) is 1. The van der Waals surface area contributed by atoms with E-state index in [-0.39, 0.29) is 5.91 Å². The van der Waals surface area contributed by atoms with Crippen molar-refractivity contribution in [1.29, 1.82) is 0 Å². The van der Waals surface area contributed by atoms with Gasteiger partial charge >= 0.3 is 0 Å². The van der Waals surface area contributed by atoms with Gasteiger partial charge < -0.3 is 19.7 Å². The first-order chi connectivity index (χ1) is 13.1. The summed E-state index contributed by atoms with van der Waals surface area (Å²) in [6.07, 6.45) is 2.38. The lowest BCUT2D eigenvalue weighted by Crippen LogP contribution is -2.22. The first-order valence-electron chi connectivity index (χ1n) is 9.09. The molecule has 27 heavy (non-hydrogen) atoms. The number of carbonyl (C=O) groups is 1. The van der Waals surface area contributed by atoms with Crippen LogP contribution in [0.25, 0.3) is 0 Å². The van der Waals surface area contributed by atoms with Gasteiger partial charge in [-0.15, -0.1) is 0 Å². The zero-order valence-corrected chi connectivity index (χ0v) is 17.3. The zero-order chi connectivity index (χ0) is 19.2. The molecule has 1 aliphatic heterocycles. The van der Waals surface area contributed by atoms with E-state index < -0.39 is 0 Å². The fourth-order valence-electron chi connectivity index (χ4n) is 3.32. The summed E-state index contributed by atoms with van der Waals surface area (Å²) in [5.74, 6) is 0.792. The second kappa shape index (κ2) is 9.24. The third kappa shape index (κ3) is 5.23. The molecular formula is C21H25BrN2O3. The van der Waals surface area contributed by atoms with E-state index in [0.29, 0.717) is 18.9 Å². The van der Waals surface area contributed by atoms with Gasteiger partial charge in [-0.3, -0.25) is 4.79 Å². The second-order valence-electron chi connectivity index (χ2n) is 6.64. The molecule has 0 aliphatic carbocycles. The predicted octanol–water partition coefficient (Wildman–Crippen LogP) is 4.25. The molecule has 1 amide bonds. The normalized spacial score (nSPS) is 16.4. The van der Waals surface area contributed by atoms with Gasteiger partial charge in [-0.1, -0.05) is 15.9 Å². The van der Waals surface area contributed by atoms with Gasteiger partial charge in [-0.25, -0.2) is 0 Å². The molecule has 1 unspecified atom stereocenters. The highest BCUT2D eigenvalue weighted by Crippen LogP contribution is 2.25. The molecule has 1 fully saturated rings. The molecule has 1 heterocycles. The van der Waals surface area contributed by atoms with Crippen LogP contribution in [-0.4, -0.2) is 39.3 Å². The fourth-order valence-corrected chi connectivity index (χ4v) is 3.73. The van der Waals surface area contributed by atoms with E-state index in [1.165, 1.54) is 0 Å². The molecule has 0 saturated carbocycles. The molecule has 1 aliphatic rings. The van der Waals surface area contributed by atoms with Crippen LogP contribution in [0.1, 0.15) is 18.4 Å². The Morgan fingerprint density at radius 2 is 2.00 bits per heavy atom. The monoisotopic (exact) mass is 432 g/mol. The number of hydrogen-bond acceptors (Lipinski definition) is 4. The van der Waals surface area contributed by atoms with Crippen LogP contribution in [0.3, 0.4) is 0 Å². The molecule has 1 atom stereocenters. The Kier molecular flexibility index (Phi) is 6.74. The molecule has 5 nitrogen and oxygen atoms in total. The summed E-state index contributed by atoms with van der Waals surface area (Å²) in [7, 11) is 3.40. The molecule has 2 aromatic rings. The lowest BCUT2D eigenvalue weighted by atomic mass is 10.1. The number of amides is 1. The van der Waals surface area contributed by atoms with Crippen LogP contribution in [0.5, 0.6) is 5.75 Å². The lowest BCUT2D eigenvalue weighted by molar-refractivity contribution is -0.116. The molecule has 0 bridgehead atoms. The summed E-state index contributed by atoms with van der Waals surface area (Å²) >= 11 is 3.46. The Bertz CT molecular complexity index is 779. The van der Waals surface area contributed by atoms with E-state index >= 15 is 0 Å². The second-order valence-corrected chi connectivity index (χ2v) is 7.56. The van der Waals surface area contributed by atoms with Crippen molar-refractivity contribution < 1.29 is 14.3 Å². The molecule has 0 spiro atoms. The summed E-state index contributed by atoms with van der Waals surface area (Å²) in [6.45, 7) is 1.91. The van der Waals surface area contributed by atoms with Crippen LogP contribution in [-0.2, 0) is 16.0 Å². The van der Waals surface area contributed by atoms with Gasteiger partial charge in [0, 0.05) is 42.5 Å². The van der Waals surface area contributed by atoms with Crippen LogP contribution in [0, 0.1) is 0 Å². The Hall–Kier alpha value is -2.05. The first kappa shape index (κ1) is 19.7. The van der Waals surface area contributed by atoms with Crippen molar-refractivity contribution in [2.24, 2.45) is 0 Å². The number of ether oxygens (including phenoxy) is 2. The fraction of sp³-hybridized carbons (Fsp3) is 0.381. The molecule has 2 aromatic carbocycles. The van der Waals surface area contributed by atoms with Crippen molar-refractivity contribution in [3.63, 3.8) is 0 Å². The van der Waals surface area contributed by atoms with Crippen LogP contribution in [0.2, 0.25) is 0 Å². The maximum absolute atomic E-state index is 12.3. The molecule has 1 saturated heterocycles. The van der Waals surface area contributed by atoms with E-state index in [1.54, 1.807) is 14.2 Å². The average Bonchev–Trinajstić information content (AvgIpc) is 3.16. The summed E-state index contributed by atoms with van der Waals surface area (Å²) < 4.78 is 11.8. The van der Waals surface area contributed by atoms with Crippen molar-refractivity contribution >= 4 is 33.2 Å². The standard InChI is InChI=1S/C21H25BrN2O3/c1-26-19-11-12-24(14-19)18-7-5-17(6-8-18)23-21(25)10-3-15-13-16(22)4-9-20(15)27-2/h4-9,13,19H,3,10-12,14H2,1-2H3,(H,23,25). The molecular weight excluding hydrogens is 408 g/mol. The van der Waals surface area contributed by atoms with Gasteiger partial charge in [0.2, 0.25) is 5.91 Å². The summed E-state index contributed by atoms with van der Waals surface area (Å²) in [6, 6.07) is 13.8. The minimum Gasteiger partial charge on any atom is -0.496 e. The molecule has 0 aromatic heterocycles. The summed E-state index contributed by atoms with van der Waals surface area (Å²) in [5, 5.41) is 2.97. The van der Waals surface area contributed by atoms with Crippen LogP contribution in [0.15, 0.2) is 46.9 Å². The van der Waals surface area contributed by atoms with Crippen molar-refractivity contribution in [1.82, 2.24) is 0 Å². The minimum atomic E-state index is -0.00889. The molecule has 3 rings (SSSR count). The number of methoxy groups -OCH3 is 2. The number of benzene rings is 2. The smallest absolute Gasteiger partial charge is 0.224 e. The van der Waals surface area contributed by atoms with Crippen molar-refractivity contribution in [2.75, 3.05) is 37.5 Å². The zero-order valence-electron chi connectivity index (χ0n) is 15.7. The Morgan fingerprint density at radius 3 is 2.67 bits per heavy atom. The van der Waals surface area contributed by atoms with E-state index in [1.807, 2.05) is 42.5 Å². The van der Waals surface area contributed by atoms with Gasteiger partial charge in [0.25, 0.3) is 0 Å². The number of anilines is 2. The maximum Gasteiger partial charge on any atom is 0.224 e.